The first-order valence-corrected chi connectivity index (χ1v) is 13.0. The van der Waals surface area contributed by atoms with Crippen molar-refractivity contribution in [2.45, 2.75) is 44.6 Å². The van der Waals surface area contributed by atoms with Crippen molar-refractivity contribution in [1.29, 1.82) is 0 Å². The third-order valence-corrected chi connectivity index (χ3v) is 8.09. The number of nitrogens with zero attached hydrogens (tertiary/aromatic N) is 4. The number of carbonyl (C=O) groups excluding carboxylic acids is 1. The molecule has 6 rings (SSSR count). The second kappa shape index (κ2) is 8.10. The van der Waals surface area contributed by atoms with Crippen LogP contribution in [0.15, 0.2) is 15.6 Å². The Hall–Kier alpha value is -2.37. The summed E-state index contributed by atoms with van der Waals surface area (Å²) in [6.07, 6.45) is 3.97. The van der Waals surface area contributed by atoms with Crippen molar-refractivity contribution in [1.82, 2.24) is 10.5 Å². The van der Waals surface area contributed by atoms with Crippen LogP contribution in [-0.4, -0.2) is 80.1 Å². The molecule has 1 unspecified atom stereocenters. The van der Waals surface area contributed by atoms with Gasteiger partial charge in [0.2, 0.25) is 5.58 Å². The molecular weight excluding hydrogens is 461 g/mol. The summed E-state index contributed by atoms with van der Waals surface area (Å²) in [5.74, 6) is 0.556. The number of ether oxygens (including phenoxy) is 2. The van der Waals surface area contributed by atoms with Gasteiger partial charge in [0, 0.05) is 30.5 Å². The third-order valence-electron chi connectivity index (χ3n) is 7.37. The molecule has 1 amide bonds. The number of hydrogen-bond acceptors (Lipinski definition) is 9. The van der Waals surface area contributed by atoms with Gasteiger partial charge in [-0.05, 0) is 38.2 Å². The maximum absolute atomic E-state index is 16.2. The summed E-state index contributed by atoms with van der Waals surface area (Å²) in [5, 5.41) is 8.03. The summed E-state index contributed by atoms with van der Waals surface area (Å²) in [6.45, 7) is 6.20. The highest BCUT2D eigenvalue weighted by atomic mass is 32.2. The molecule has 11 heteroatoms. The second-order valence-corrected chi connectivity index (χ2v) is 10.6. The molecule has 182 valence electrons. The molecule has 4 aliphatic rings. The van der Waals surface area contributed by atoms with Gasteiger partial charge in [-0.2, -0.15) is 11.8 Å². The van der Waals surface area contributed by atoms with Crippen LogP contribution in [0.3, 0.4) is 0 Å². The minimum atomic E-state index is -0.483. The first-order valence-electron chi connectivity index (χ1n) is 11.6. The largest absolute Gasteiger partial charge is 0.447 e. The van der Waals surface area contributed by atoms with Crippen molar-refractivity contribution in [3.63, 3.8) is 0 Å². The van der Waals surface area contributed by atoms with E-state index in [1.54, 1.807) is 11.8 Å². The molecule has 34 heavy (non-hydrogen) atoms. The predicted molar refractivity (Wildman–Crippen MR) is 129 cm³/mol. The number of hydrogen-bond donors (Lipinski definition) is 1. The van der Waals surface area contributed by atoms with Crippen molar-refractivity contribution in [3.8, 4) is 0 Å². The zero-order chi connectivity index (χ0) is 23.6. The van der Waals surface area contributed by atoms with Gasteiger partial charge in [-0.3, -0.25) is 15.2 Å². The van der Waals surface area contributed by atoms with Gasteiger partial charge < -0.3 is 18.9 Å². The molecule has 2 saturated heterocycles. The number of carbonyl (C=O) groups is 1. The summed E-state index contributed by atoms with van der Waals surface area (Å²) in [6, 6.07) is 1.69. The lowest BCUT2D eigenvalue weighted by Crippen LogP contribution is -2.67. The average molecular weight is 490 g/mol. The molecule has 5 heterocycles. The number of cyclic esters (lactones) is 1. The fraction of sp³-hybridized carbons (Fsp3) is 0.609. The van der Waals surface area contributed by atoms with E-state index in [1.165, 1.54) is 4.90 Å². The fourth-order valence-corrected chi connectivity index (χ4v) is 6.86. The Balaban J connectivity index is 1.52. The van der Waals surface area contributed by atoms with Crippen LogP contribution in [0.2, 0.25) is 0 Å². The van der Waals surface area contributed by atoms with E-state index < -0.39 is 11.9 Å². The normalized spacial score (nSPS) is 32.9. The van der Waals surface area contributed by atoms with Crippen LogP contribution in [0.1, 0.15) is 19.4 Å². The molecule has 9 nitrogen and oxygen atoms in total. The molecule has 0 saturated carbocycles. The standard InChI is InChI=1S/C23H28FN5O4S/c1-12-6-28-18-14(5-23(9-25-11-26-10-23)20(28)13(2)32-12)4-16-19(17(18)24)33-27-21(16)29-15(8-34-3)7-31-22(29)30/h4,9,12-13,15,20,26H,5-8,10-11H2,1-3H3/t12-,13+,15-,20-,23?/m1/s1. The maximum atomic E-state index is 16.2. The van der Waals surface area contributed by atoms with Gasteiger partial charge in [0.25, 0.3) is 0 Å². The van der Waals surface area contributed by atoms with Crippen molar-refractivity contribution in [3.05, 3.63) is 17.4 Å². The SMILES string of the molecule is CSC[C@H]1COC(=O)N1c1noc2c(F)c3c(cc12)CC1(C=NCNC1)[C@H]1[C@H](C)O[C@H](C)CN31. The summed E-state index contributed by atoms with van der Waals surface area (Å²) >= 11 is 1.61. The molecule has 1 aromatic heterocycles. The van der Waals surface area contributed by atoms with E-state index in [0.717, 1.165) is 12.1 Å². The van der Waals surface area contributed by atoms with Crippen LogP contribution in [0, 0.1) is 11.2 Å². The molecule has 4 aliphatic heterocycles. The molecule has 0 radical (unpaired) electrons. The first kappa shape index (κ1) is 22.1. The Bertz CT molecular complexity index is 1170. The Morgan fingerprint density at radius 2 is 2.24 bits per heavy atom. The van der Waals surface area contributed by atoms with Crippen molar-refractivity contribution >= 4 is 46.5 Å². The van der Waals surface area contributed by atoms with Gasteiger partial charge in [0.05, 0.1) is 42.0 Å². The zero-order valence-electron chi connectivity index (χ0n) is 19.4. The number of anilines is 2. The Morgan fingerprint density at radius 3 is 3.00 bits per heavy atom. The lowest BCUT2D eigenvalue weighted by atomic mass is 9.68. The summed E-state index contributed by atoms with van der Waals surface area (Å²) in [7, 11) is 0. The monoisotopic (exact) mass is 489 g/mol. The van der Waals surface area contributed by atoms with Crippen molar-refractivity contribution in [2.24, 2.45) is 10.4 Å². The molecule has 1 spiro atoms. The third kappa shape index (κ3) is 3.16. The van der Waals surface area contributed by atoms with Gasteiger partial charge in [-0.1, -0.05) is 5.16 Å². The van der Waals surface area contributed by atoms with Crippen LogP contribution in [0.4, 0.5) is 20.7 Å². The molecule has 0 aliphatic carbocycles. The quantitative estimate of drug-likeness (QED) is 0.704. The number of aliphatic imine (C=N–C) groups is 1. The van der Waals surface area contributed by atoms with Crippen LogP contribution in [0.25, 0.3) is 11.0 Å². The first-order chi connectivity index (χ1) is 16.4. The second-order valence-electron chi connectivity index (χ2n) is 9.69. The number of nitrogens with one attached hydrogen (secondary N) is 1. The number of aromatic nitrogens is 1. The lowest BCUT2D eigenvalue weighted by molar-refractivity contribution is -0.0522. The van der Waals surface area contributed by atoms with Crippen LogP contribution in [0.5, 0.6) is 0 Å². The van der Waals surface area contributed by atoms with Gasteiger partial charge in [0.1, 0.15) is 6.61 Å². The Kier molecular flexibility index (Phi) is 5.27. The number of rotatable bonds is 3. The van der Waals surface area contributed by atoms with E-state index in [9.17, 15) is 4.79 Å². The smallest absolute Gasteiger partial charge is 0.416 e. The van der Waals surface area contributed by atoms with E-state index in [2.05, 4.69) is 27.3 Å². The summed E-state index contributed by atoms with van der Waals surface area (Å²) in [4.78, 5) is 20.7. The summed E-state index contributed by atoms with van der Waals surface area (Å²) < 4.78 is 33.2. The van der Waals surface area contributed by atoms with E-state index in [4.69, 9.17) is 14.0 Å². The Labute approximate surface area is 201 Å². The number of benzene rings is 1. The molecule has 2 aromatic rings. The van der Waals surface area contributed by atoms with Gasteiger partial charge in [0.15, 0.2) is 11.6 Å². The number of thioether (sulfide) groups is 1. The topological polar surface area (TPSA) is 92.4 Å². The Morgan fingerprint density at radius 1 is 1.38 bits per heavy atom. The fourth-order valence-electron chi connectivity index (χ4n) is 6.23. The number of morpholine rings is 1. The average Bonchev–Trinajstić information content (AvgIpc) is 3.37. The van der Waals surface area contributed by atoms with Gasteiger partial charge in [-0.25, -0.2) is 9.18 Å². The highest BCUT2D eigenvalue weighted by molar-refractivity contribution is 7.98. The van der Waals surface area contributed by atoms with Crippen LogP contribution >= 0.6 is 11.8 Å². The number of amides is 1. The highest BCUT2D eigenvalue weighted by Gasteiger charge is 2.53. The van der Waals surface area contributed by atoms with E-state index in [0.29, 0.717) is 42.3 Å². The lowest BCUT2D eigenvalue weighted by Gasteiger charge is -2.56. The van der Waals surface area contributed by atoms with Crippen molar-refractivity contribution < 1.29 is 23.2 Å². The predicted octanol–water partition coefficient (Wildman–Crippen LogP) is 2.81. The molecule has 5 atom stereocenters. The minimum Gasteiger partial charge on any atom is -0.447 e. The maximum Gasteiger partial charge on any atom is 0.416 e. The highest BCUT2D eigenvalue weighted by Crippen LogP contribution is 2.48. The molecule has 1 N–H and O–H groups in total. The van der Waals surface area contributed by atoms with Gasteiger partial charge in [-0.15, -0.1) is 0 Å². The van der Waals surface area contributed by atoms with Crippen LogP contribution in [-0.2, 0) is 15.9 Å². The number of fused-ring (bicyclic) bond motifs is 5. The van der Waals surface area contributed by atoms with Gasteiger partial charge >= 0.3 is 6.09 Å². The molecule has 0 bridgehead atoms. The van der Waals surface area contributed by atoms with E-state index >= 15 is 4.39 Å². The van der Waals surface area contributed by atoms with Crippen LogP contribution < -0.4 is 15.1 Å². The van der Waals surface area contributed by atoms with E-state index in [-0.39, 0.29) is 41.9 Å². The van der Waals surface area contributed by atoms with Crippen molar-refractivity contribution in [2.75, 3.05) is 48.2 Å². The number of halogens is 1. The molecule has 2 fully saturated rings. The molecule has 1 aromatic carbocycles. The zero-order valence-corrected chi connectivity index (χ0v) is 20.2. The minimum absolute atomic E-state index is 0.0465. The summed E-state index contributed by atoms with van der Waals surface area (Å²) in [5.41, 5.74) is 1.12. The molecular formula is C23H28FN5O4S. The van der Waals surface area contributed by atoms with E-state index in [1.807, 2.05) is 25.5 Å².